The topological polar surface area (TPSA) is 50.4 Å². The molecule has 2 N–H and O–H groups in total. The molecule has 1 heterocycles. The molecule has 1 aromatic carbocycles. The van der Waals surface area contributed by atoms with Crippen molar-refractivity contribution in [3.63, 3.8) is 0 Å². The number of hydrogen-bond donors (Lipinski definition) is 2. The van der Waals surface area contributed by atoms with Crippen LogP contribution in [0, 0.1) is 5.82 Å². The van der Waals surface area contributed by atoms with E-state index in [0.717, 1.165) is 5.56 Å². The standard InChI is InChI=1S/C14H19FN2O2/c1-14(2,3)19-13(18)17-11-7-8-16-12-9(11)5-4-6-10(12)15/h4-6,11,16H,7-8H2,1-3H3,(H,17,18). The number of halogens is 1. The molecule has 0 spiro atoms. The van der Waals surface area contributed by atoms with Gasteiger partial charge in [0.15, 0.2) is 0 Å². The Morgan fingerprint density at radius 1 is 1.47 bits per heavy atom. The van der Waals surface area contributed by atoms with Gasteiger partial charge in [0, 0.05) is 12.1 Å². The molecule has 0 saturated carbocycles. The summed E-state index contributed by atoms with van der Waals surface area (Å²) < 4.78 is 18.9. The van der Waals surface area contributed by atoms with Crippen molar-refractivity contribution in [1.82, 2.24) is 5.32 Å². The molecule has 0 aromatic heterocycles. The third-order valence-electron chi connectivity index (χ3n) is 2.85. The van der Waals surface area contributed by atoms with E-state index in [2.05, 4.69) is 10.6 Å². The lowest BCUT2D eigenvalue weighted by Crippen LogP contribution is -2.37. The summed E-state index contributed by atoms with van der Waals surface area (Å²) >= 11 is 0. The number of carbonyl (C=O) groups excluding carboxylic acids is 1. The molecule has 4 nitrogen and oxygen atoms in total. The highest BCUT2D eigenvalue weighted by molar-refractivity contribution is 5.69. The summed E-state index contributed by atoms with van der Waals surface area (Å²) in [7, 11) is 0. The van der Waals surface area contributed by atoms with Gasteiger partial charge in [0.25, 0.3) is 0 Å². The van der Waals surface area contributed by atoms with Crippen LogP contribution in [0.4, 0.5) is 14.9 Å². The summed E-state index contributed by atoms with van der Waals surface area (Å²) in [5.41, 5.74) is 0.689. The van der Waals surface area contributed by atoms with E-state index in [9.17, 15) is 9.18 Å². The van der Waals surface area contributed by atoms with Gasteiger partial charge in [-0.1, -0.05) is 12.1 Å². The molecule has 0 aliphatic carbocycles. The first-order valence-electron chi connectivity index (χ1n) is 6.38. The molecule has 1 unspecified atom stereocenters. The third kappa shape index (κ3) is 3.36. The van der Waals surface area contributed by atoms with Crippen molar-refractivity contribution in [2.24, 2.45) is 0 Å². The van der Waals surface area contributed by atoms with E-state index >= 15 is 0 Å². The summed E-state index contributed by atoms with van der Waals surface area (Å²) in [5, 5.41) is 5.81. The smallest absolute Gasteiger partial charge is 0.408 e. The molecule has 0 bridgehead atoms. The molecule has 1 amide bonds. The third-order valence-corrected chi connectivity index (χ3v) is 2.85. The summed E-state index contributed by atoms with van der Waals surface area (Å²) in [6.07, 6.45) is 0.227. The first-order chi connectivity index (χ1) is 8.87. The van der Waals surface area contributed by atoms with E-state index in [1.165, 1.54) is 6.07 Å². The second-order valence-corrected chi connectivity index (χ2v) is 5.62. The van der Waals surface area contributed by atoms with Crippen LogP contribution in [0.2, 0.25) is 0 Å². The highest BCUT2D eigenvalue weighted by Gasteiger charge is 2.25. The zero-order valence-corrected chi connectivity index (χ0v) is 11.4. The summed E-state index contributed by atoms with van der Waals surface area (Å²) in [6, 6.07) is 4.64. The first kappa shape index (κ1) is 13.6. The number of hydrogen-bond acceptors (Lipinski definition) is 3. The van der Waals surface area contributed by atoms with Crippen molar-refractivity contribution in [2.75, 3.05) is 11.9 Å². The first-order valence-corrected chi connectivity index (χ1v) is 6.38. The van der Waals surface area contributed by atoms with Crippen molar-refractivity contribution in [1.29, 1.82) is 0 Å². The number of alkyl carbamates (subject to hydrolysis) is 1. The van der Waals surface area contributed by atoms with Crippen LogP contribution >= 0.6 is 0 Å². The zero-order chi connectivity index (χ0) is 14.0. The van der Waals surface area contributed by atoms with Crippen molar-refractivity contribution >= 4 is 11.8 Å². The minimum absolute atomic E-state index is 0.221. The van der Waals surface area contributed by atoms with E-state index in [-0.39, 0.29) is 11.9 Å². The maximum absolute atomic E-state index is 13.6. The molecule has 2 rings (SSSR count). The number of anilines is 1. The highest BCUT2D eigenvalue weighted by atomic mass is 19.1. The van der Waals surface area contributed by atoms with Gasteiger partial charge in [-0.15, -0.1) is 0 Å². The Labute approximate surface area is 112 Å². The molecule has 0 fully saturated rings. The Morgan fingerprint density at radius 2 is 2.21 bits per heavy atom. The van der Waals surface area contributed by atoms with Crippen LogP contribution in [0.15, 0.2) is 18.2 Å². The zero-order valence-electron chi connectivity index (χ0n) is 11.4. The minimum Gasteiger partial charge on any atom is -0.444 e. The molecular formula is C14H19FN2O2. The summed E-state index contributed by atoms with van der Waals surface area (Å²) in [6.45, 7) is 6.04. The Hall–Kier alpha value is -1.78. The minimum atomic E-state index is -0.540. The van der Waals surface area contributed by atoms with Crippen LogP contribution in [-0.4, -0.2) is 18.2 Å². The fraction of sp³-hybridized carbons (Fsp3) is 0.500. The van der Waals surface area contributed by atoms with Gasteiger partial charge in [0.2, 0.25) is 0 Å². The molecule has 104 valence electrons. The van der Waals surface area contributed by atoms with Crippen LogP contribution in [-0.2, 0) is 4.74 Å². The molecule has 19 heavy (non-hydrogen) atoms. The molecular weight excluding hydrogens is 247 g/mol. The Bertz CT molecular complexity index is 483. The maximum Gasteiger partial charge on any atom is 0.408 e. The number of fused-ring (bicyclic) bond motifs is 1. The van der Waals surface area contributed by atoms with Crippen LogP contribution in [0.25, 0.3) is 0 Å². The van der Waals surface area contributed by atoms with Gasteiger partial charge < -0.3 is 15.4 Å². The monoisotopic (exact) mass is 266 g/mol. The number of ether oxygens (including phenoxy) is 1. The Balaban J connectivity index is 2.12. The van der Waals surface area contributed by atoms with E-state index in [0.29, 0.717) is 18.7 Å². The van der Waals surface area contributed by atoms with Gasteiger partial charge in [-0.2, -0.15) is 0 Å². The van der Waals surface area contributed by atoms with Gasteiger partial charge >= 0.3 is 6.09 Å². The number of carbonyl (C=O) groups is 1. The second-order valence-electron chi connectivity index (χ2n) is 5.62. The lowest BCUT2D eigenvalue weighted by atomic mass is 9.98. The van der Waals surface area contributed by atoms with Crippen molar-refractivity contribution in [3.05, 3.63) is 29.6 Å². The predicted molar refractivity (Wildman–Crippen MR) is 71.6 cm³/mol. The lowest BCUT2D eigenvalue weighted by molar-refractivity contribution is 0.0501. The second kappa shape index (κ2) is 5.07. The quantitative estimate of drug-likeness (QED) is 0.820. The normalized spacial score (nSPS) is 18.2. The average Bonchev–Trinajstić information content (AvgIpc) is 2.28. The van der Waals surface area contributed by atoms with E-state index < -0.39 is 11.7 Å². The van der Waals surface area contributed by atoms with E-state index in [1.807, 2.05) is 26.8 Å². The van der Waals surface area contributed by atoms with Crippen LogP contribution in [0.3, 0.4) is 0 Å². The molecule has 1 atom stereocenters. The fourth-order valence-electron chi connectivity index (χ4n) is 2.11. The van der Waals surface area contributed by atoms with Crippen molar-refractivity contribution in [3.8, 4) is 0 Å². The lowest BCUT2D eigenvalue weighted by Gasteiger charge is -2.29. The van der Waals surface area contributed by atoms with Crippen LogP contribution in [0.5, 0.6) is 0 Å². The Kier molecular flexibility index (Phi) is 3.64. The molecule has 1 aromatic rings. The number of rotatable bonds is 1. The van der Waals surface area contributed by atoms with Gasteiger partial charge in [0.1, 0.15) is 11.4 Å². The summed E-state index contributed by atoms with van der Waals surface area (Å²) in [4.78, 5) is 11.8. The SMILES string of the molecule is CC(C)(C)OC(=O)NC1CCNc2c(F)cccc21. The van der Waals surface area contributed by atoms with Gasteiger partial charge in [0.05, 0.1) is 11.7 Å². The van der Waals surface area contributed by atoms with Gasteiger partial charge in [-0.25, -0.2) is 9.18 Å². The van der Waals surface area contributed by atoms with Gasteiger partial charge in [-0.05, 0) is 33.3 Å². The fourth-order valence-corrected chi connectivity index (χ4v) is 2.11. The van der Waals surface area contributed by atoms with Gasteiger partial charge in [-0.3, -0.25) is 0 Å². The Morgan fingerprint density at radius 3 is 2.89 bits per heavy atom. The molecule has 5 heteroatoms. The maximum atomic E-state index is 13.6. The predicted octanol–water partition coefficient (Wildman–Crippen LogP) is 3.21. The summed E-state index contributed by atoms with van der Waals surface area (Å²) in [5.74, 6) is -0.298. The van der Waals surface area contributed by atoms with Crippen LogP contribution in [0.1, 0.15) is 38.8 Å². The molecule has 0 radical (unpaired) electrons. The molecule has 1 aliphatic heterocycles. The van der Waals surface area contributed by atoms with E-state index in [4.69, 9.17) is 4.74 Å². The molecule has 0 saturated heterocycles. The average molecular weight is 266 g/mol. The van der Waals surface area contributed by atoms with Crippen molar-refractivity contribution < 1.29 is 13.9 Å². The van der Waals surface area contributed by atoms with Crippen molar-refractivity contribution in [2.45, 2.75) is 38.8 Å². The molecule has 1 aliphatic rings. The number of para-hydroxylation sites is 1. The van der Waals surface area contributed by atoms with E-state index in [1.54, 1.807) is 6.07 Å². The number of benzene rings is 1. The van der Waals surface area contributed by atoms with Crippen LogP contribution < -0.4 is 10.6 Å². The highest BCUT2D eigenvalue weighted by Crippen LogP contribution is 2.31. The largest absolute Gasteiger partial charge is 0.444 e. The number of amides is 1. The number of nitrogens with one attached hydrogen (secondary N) is 2.